The minimum atomic E-state index is -1.69. The number of thioether (sulfide) groups is 1. The second-order valence-electron chi connectivity index (χ2n) is 8.89. The van der Waals surface area contributed by atoms with Gasteiger partial charge in [0.15, 0.2) is 0 Å². The fraction of sp³-hybridized carbons (Fsp3) is 0.370. The monoisotopic (exact) mass is 558 g/mol. The standard InChI is InChI=1S/C27H34N4O7S/c1-39-13-12-20(29-24(34)19(28)14-17-8-4-2-5-9-17)25(35)30-21(15-18-10-6-3-7-11-18)26(36)31-22(27(37)38)16-23(32)33/h2-11,19-22H,12-16,28H2,1H3,(H,29,34)(H,30,35)(H,31,36)(H,32,33)(H,37,38). The molecule has 0 saturated carbocycles. The van der Waals surface area contributed by atoms with Crippen LogP contribution in [0.4, 0.5) is 0 Å². The number of benzene rings is 2. The number of carboxylic acids is 2. The Morgan fingerprint density at radius 2 is 1.23 bits per heavy atom. The maximum atomic E-state index is 13.3. The fourth-order valence-electron chi connectivity index (χ4n) is 3.72. The number of carbonyl (C=O) groups excluding carboxylic acids is 3. The summed E-state index contributed by atoms with van der Waals surface area (Å²) in [4.78, 5) is 61.7. The molecular formula is C27H34N4O7S. The van der Waals surface area contributed by atoms with Crippen LogP contribution in [0.15, 0.2) is 60.7 Å². The van der Waals surface area contributed by atoms with Gasteiger partial charge in [0.05, 0.1) is 12.5 Å². The van der Waals surface area contributed by atoms with Crippen molar-refractivity contribution >= 4 is 41.4 Å². The van der Waals surface area contributed by atoms with E-state index in [0.717, 1.165) is 5.56 Å². The zero-order valence-corrected chi connectivity index (χ0v) is 22.4. The van der Waals surface area contributed by atoms with E-state index in [1.165, 1.54) is 11.8 Å². The second-order valence-corrected chi connectivity index (χ2v) is 9.87. The van der Waals surface area contributed by atoms with Gasteiger partial charge in [-0.25, -0.2) is 4.79 Å². The zero-order valence-electron chi connectivity index (χ0n) is 21.5. The molecule has 12 heteroatoms. The van der Waals surface area contributed by atoms with E-state index in [1.54, 1.807) is 30.3 Å². The van der Waals surface area contributed by atoms with E-state index in [4.69, 9.17) is 10.8 Å². The van der Waals surface area contributed by atoms with E-state index >= 15 is 0 Å². The van der Waals surface area contributed by atoms with Gasteiger partial charge in [-0.15, -0.1) is 0 Å². The highest BCUT2D eigenvalue weighted by Gasteiger charge is 2.31. The maximum absolute atomic E-state index is 13.3. The Bertz CT molecular complexity index is 1120. The van der Waals surface area contributed by atoms with Crippen LogP contribution in [0.25, 0.3) is 0 Å². The van der Waals surface area contributed by atoms with Crippen LogP contribution in [-0.2, 0) is 36.8 Å². The maximum Gasteiger partial charge on any atom is 0.326 e. The molecule has 4 unspecified atom stereocenters. The summed E-state index contributed by atoms with van der Waals surface area (Å²) in [5.74, 6) is -4.44. The van der Waals surface area contributed by atoms with Crippen molar-refractivity contribution in [1.29, 1.82) is 0 Å². The van der Waals surface area contributed by atoms with Crippen molar-refractivity contribution in [2.45, 2.75) is 49.9 Å². The molecule has 0 aliphatic carbocycles. The molecule has 210 valence electrons. The smallest absolute Gasteiger partial charge is 0.326 e. The number of nitrogens with two attached hydrogens (primary N) is 1. The van der Waals surface area contributed by atoms with Crippen LogP contribution in [0.3, 0.4) is 0 Å². The van der Waals surface area contributed by atoms with Crippen LogP contribution >= 0.6 is 11.8 Å². The van der Waals surface area contributed by atoms with Crippen molar-refractivity contribution in [2.75, 3.05) is 12.0 Å². The first kappa shape index (κ1) is 31.3. The van der Waals surface area contributed by atoms with Gasteiger partial charge in [0.2, 0.25) is 17.7 Å². The van der Waals surface area contributed by atoms with Gasteiger partial charge in [-0.3, -0.25) is 19.2 Å². The predicted molar refractivity (Wildman–Crippen MR) is 147 cm³/mol. The molecule has 11 nitrogen and oxygen atoms in total. The molecule has 0 aliphatic rings. The summed E-state index contributed by atoms with van der Waals surface area (Å²) in [6.07, 6.45) is 1.54. The predicted octanol–water partition coefficient (Wildman–Crippen LogP) is 0.566. The molecule has 2 aromatic carbocycles. The number of carbonyl (C=O) groups is 5. The largest absolute Gasteiger partial charge is 0.481 e. The van der Waals surface area contributed by atoms with E-state index in [9.17, 15) is 29.1 Å². The fourth-order valence-corrected chi connectivity index (χ4v) is 4.19. The Hall–Kier alpha value is -3.90. The van der Waals surface area contributed by atoms with E-state index in [1.807, 2.05) is 36.6 Å². The highest BCUT2D eigenvalue weighted by Crippen LogP contribution is 2.08. The highest BCUT2D eigenvalue weighted by molar-refractivity contribution is 7.98. The van der Waals surface area contributed by atoms with Gasteiger partial charge in [0.1, 0.15) is 18.1 Å². The molecule has 0 aromatic heterocycles. The van der Waals surface area contributed by atoms with Crippen molar-refractivity contribution in [3.63, 3.8) is 0 Å². The number of hydrogen-bond acceptors (Lipinski definition) is 7. The molecule has 0 aliphatic heterocycles. The molecule has 0 heterocycles. The number of hydrogen-bond donors (Lipinski definition) is 6. The summed E-state index contributed by atoms with van der Waals surface area (Å²) >= 11 is 1.47. The van der Waals surface area contributed by atoms with Gasteiger partial charge in [-0.05, 0) is 36.0 Å². The zero-order chi connectivity index (χ0) is 28.8. The minimum absolute atomic E-state index is 0.00847. The molecule has 39 heavy (non-hydrogen) atoms. The molecule has 3 amide bonds. The Balaban J connectivity index is 2.19. The Labute approximate surface area is 230 Å². The van der Waals surface area contributed by atoms with Crippen LogP contribution in [0.1, 0.15) is 24.0 Å². The lowest BCUT2D eigenvalue weighted by atomic mass is 10.0. The van der Waals surface area contributed by atoms with Crippen LogP contribution in [0.5, 0.6) is 0 Å². The average Bonchev–Trinajstić information content (AvgIpc) is 2.90. The highest BCUT2D eigenvalue weighted by atomic mass is 32.2. The lowest BCUT2D eigenvalue weighted by Gasteiger charge is -2.25. The molecule has 0 radical (unpaired) electrons. The molecule has 7 N–H and O–H groups in total. The molecule has 2 rings (SSSR count). The van der Waals surface area contributed by atoms with E-state index in [0.29, 0.717) is 11.3 Å². The quantitative estimate of drug-likeness (QED) is 0.171. The lowest BCUT2D eigenvalue weighted by molar-refractivity contribution is -0.147. The topological polar surface area (TPSA) is 188 Å². The van der Waals surface area contributed by atoms with Crippen molar-refractivity contribution in [1.82, 2.24) is 16.0 Å². The first-order valence-corrected chi connectivity index (χ1v) is 13.7. The molecular weight excluding hydrogens is 524 g/mol. The van der Waals surface area contributed by atoms with Crippen molar-refractivity contribution in [3.8, 4) is 0 Å². The minimum Gasteiger partial charge on any atom is -0.481 e. The van der Waals surface area contributed by atoms with Crippen LogP contribution < -0.4 is 21.7 Å². The summed E-state index contributed by atoms with van der Waals surface area (Å²) < 4.78 is 0. The third-order valence-corrected chi connectivity index (χ3v) is 6.43. The normalized spacial score (nSPS) is 13.8. The van der Waals surface area contributed by atoms with Gasteiger partial charge in [0, 0.05) is 6.42 Å². The van der Waals surface area contributed by atoms with Gasteiger partial charge in [-0.1, -0.05) is 60.7 Å². The third-order valence-electron chi connectivity index (χ3n) is 5.79. The number of nitrogens with one attached hydrogen (secondary N) is 3. The van der Waals surface area contributed by atoms with Gasteiger partial charge >= 0.3 is 11.9 Å². The summed E-state index contributed by atoms with van der Waals surface area (Å²) in [5.41, 5.74) is 7.62. The first-order chi connectivity index (χ1) is 18.6. The van der Waals surface area contributed by atoms with Crippen molar-refractivity contribution in [3.05, 3.63) is 71.8 Å². The van der Waals surface area contributed by atoms with Crippen LogP contribution in [0, 0.1) is 0 Å². The van der Waals surface area contributed by atoms with Crippen LogP contribution in [0.2, 0.25) is 0 Å². The van der Waals surface area contributed by atoms with Gasteiger partial charge in [-0.2, -0.15) is 11.8 Å². The van der Waals surface area contributed by atoms with E-state index in [2.05, 4.69) is 16.0 Å². The van der Waals surface area contributed by atoms with Gasteiger partial charge in [0.25, 0.3) is 0 Å². The van der Waals surface area contributed by atoms with Crippen molar-refractivity contribution in [2.24, 2.45) is 5.73 Å². The molecule has 0 bridgehead atoms. The van der Waals surface area contributed by atoms with Gasteiger partial charge < -0.3 is 31.9 Å². The van der Waals surface area contributed by atoms with Crippen molar-refractivity contribution < 1.29 is 34.2 Å². The average molecular weight is 559 g/mol. The lowest BCUT2D eigenvalue weighted by Crippen LogP contribution is -2.58. The summed E-state index contributed by atoms with van der Waals surface area (Å²) in [7, 11) is 0. The summed E-state index contributed by atoms with van der Waals surface area (Å²) in [5, 5.41) is 25.8. The molecule has 0 fully saturated rings. The third kappa shape index (κ3) is 11.2. The number of carboxylic acid groups (broad SMARTS) is 2. The Morgan fingerprint density at radius 1 is 0.744 bits per heavy atom. The molecule has 4 atom stereocenters. The number of rotatable bonds is 16. The number of amides is 3. The van der Waals surface area contributed by atoms with Crippen LogP contribution in [-0.4, -0.2) is 76.0 Å². The SMILES string of the molecule is CSCCC(NC(=O)C(N)Cc1ccccc1)C(=O)NC(Cc1ccccc1)C(=O)NC(CC(=O)O)C(=O)O. The van der Waals surface area contributed by atoms with E-state index in [-0.39, 0.29) is 19.3 Å². The first-order valence-electron chi connectivity index (χ1n) is 12.3. The summed E-state index contributed by atoms with van der Waals surface area (Å²) in [6.45, 7) is 0. The summed E-state index contributed by atoms with van der Waals surface area (Å²) in [6, 6.07) is 13.1. The molecule has 2 aromatic rings. The second kappa shape index (κ2) is 16.1. The Kier molecular flexibility index (Phi) is 13.0. The Morgan fingerprint density at radius 3 is 1.74 bits per heavy atom. The van der Waals surface area contributed by atoms with E-state index < -0.39 is 60.2 Å². The molecule has 0 spiro atoms. The molecule has 0 saturated heterocycles. The number of aliphatic carboxylic acids is 2.